The number of rotatable bonds is 6. The van der Waals surface area contributed by atoms with E-state index in [2.05, 4.69) is 9.71 Å². The van der Waals surface area contributed by atoms with E-state index in [1.54, 1.807) is 6.07 Å². The standard InChI is InChI=1S/C10H17N3O2S/c1-9(4-2-6-11)13-16(14,15)10-5-3-7-12-8-10/h3,5,7-9,13H,2,4,6,11H2,1H3. The SMILES string of the molecule is CC(CCCN)NS(=O)(=O)c1cccnc1. The van der Waals surface area contributed by atoms with E-state index in [4.69, 9.17) is 5.73 Å². The molecule has 6 heteroatoms. The summed E-state index contributed by atoms with van der Waals surface area (Å²) < 4.78 is 26.2. The van der Waals surface area contributed by atoms with Crippen LogP contribution in [0.2, 0.25) is 0 Å². The summed E-state index contributed by atoms with van der Waals surface area (Å²) in [4.78, 5) is 3.97. The fraction of sp³-hybridized carbons (Fsp3) is 0.500. The summed E-state index contributed by atoms with van der Waals surface area (Å²) in [6.07, 6.45) is 4.40. The molecule has 1 aromatic rings. The lowest BCUT2D eigenvalue weighted by Crippen LogP contribution is -2.33. The lowest BCUT2D eigenvalue weighted by atomic mass is 10.2. The Hall–Kier alpha value is -0.980. The van der Waals surface area contributed by atoms with Gasteiger partial charge >= 0.3 is 0 Å². The van der Waals surface area contributed by atoms with E-state index < -0.39 is 10.0 Å². The molecule has 16 heavy (non-hydrogen) atoms. The highest BCUT2D eigenvalue weighted by Gasteiger charge is 2.16. The zero-order chi connectivity index (χ0) is 12.0. The molecule has 0 saturated carbocycles. The fourth-order valence-corrected chi connectivity index (χ4v) is 2.56. The van der Waals surface area contributed by atoms with Crippen molar-refractivity contribution in [1.82, 2.24) is 9.71 Å². The van der Waals surface area contributed by atoms with Gasteiger partial charge in [0.1, 0.15) is 4.90 Å². The van der Waals surface area contributed by atoms with Crippen molar-refractivity contribution in [2.75, 3.05) is 6.54 Å². The number of hydrogen-bond donors (Lipinski definition) is 2. The van der Waals surface area contributed by atoms with Gasteiger partial charge in [-0.25, -0.2) is 13.1 Å². The Morgan fingerprint density at radius 1 is 1.56 bits per heavy atom. The van der Waals surface area contributed by atoms with Gasteiger partial charge in [-0.2, -0.15) is 0 Å². The molecule has 0 aromatic carbocycles. The van der Waals surface area contributed by atoms with Crippen molar-refractivity contribution in [3.8, 4) is 0 Å². The smallest absolute Gasteiger partial charge is 0.242 e. The minimum Gasteiger partial charge on any atom is -0.330 e. The van der Waals surface area contributed by atoms with E-state index in [-0.39, 0.29) is 10.9 Å². The van der Waals surface area contributed by atoms with Gasteiger partial charge < -0.3 is 5.73 Å². The van der Waals surface area contributed by atoms with Gasteiger partial charge in [-0.3, -0.25) is 4.98 Å². The molecular weight excluding hydrogens is 226 g/mol. The molecule has 0 spiro atoms. The first-order valence-electron chi connectivity index (χ1n) is 5.18. The molecule has 1 heterocycles. The van der Waals surface area contributed by atoms with Crippen LogP contribution in [0.3, 0.4) is 0 Å². The molecule has 0 fully saturated rings. The molecule has 0 bridgehead atoms. The summed E-state index contributed by atoms with van der Waals surface area (Å²) in [6.45, 7) is 2.39. The normalized spacial score (nSPS) is 13.6. The van der Waals surface area contributed by atoms with Gasteiger partial charge in [-0.15, -0.1) is 0 Å². The molecule has 90 valence electrons. The van der Waals surface area contributed by atoms with E-state index in [1.807, 2.05) is 6.92 Å². The second-order valence-electron chi connectivity index (χ2n) is 3.64. The van der Waals surface area contributed by atoms with Crippen molar-refractivity contribution < 1.29 is 8.42 Å². The Morgan fingerprint density at radius 2 is 2.31 bits per heavy atom. The molecule has 1 aromatic heterocycles. The highest BCUT2D eigenvalue weighted by Crippen LogP contribution is 2.07. The molecule has 0 aliphatic carbocycles. The van der Waals surface area contributed by atoms with Crippen molar-refractivity contribution in [2.24, 2.45) is 5.73 Å². The molecule has 0 amide bonds. The van der Waals surface area contributed by atoms with Crippen LogP contribution < -0.4 is 10.5 Å². The van der Waals surface area contributed by atoms with Crippen LogP contribution in [0.4, 0.5) is 0 Å². The zero-order valence-corrected chi connectivity index (χ0v) is 10.1. The first-order chi connectivity index (χ1) is 7.56. The molecule has 1 unspecified atom stereocenters. The van der Waals surface area contributed by atoms with Gasteiger partial charge in [-0.05, 0) is 38.4 Å². The highest BCUT2D eigenvalue weighted by molar-refractivity contribution is 7.89. The first-order valence-corrected chi connectivity index (χ1v) is 6.67. The van der Waals surface area contributed by atoms with Crippen LogP contribution in [0.25, 0.3) is 0 Å². The van der Waals surface area contributed by atoms with Crippen LogP contribution in [0.5, 0.6) is 0 Å². The predicted octanol–water partition coefficient (Wildman–Crippen LogP) is 0.487. The van der Waals surface area contributed by atoms with Gasteiger partial charge in [0.15, 0.2) is 0 Å². The fourth-order valence-electron chi connectivity index (χ4n) is 1.32. The Kier molecular flexibility index (Phi) is 4.85. The summed E-state index contributed by atoms with van der Waals surface area (Å²) >= 11 is 0. The Bertz CT molecular complexity index is 405. The maximum Gasteiger partial charge on any atom is 0.242 e. The monoisotopic (exact) mass is 243 g/mol. The number of hydrogen-bond acceptors (Lipinski definition) is 4. The average Bonchev–Trinajstić information content (AvgIpc) is 2.27. The summed E-state index contributed by atoms with van der Waals surface area (Å²) in [5.74, 6) is 0. The third kappa shape index (κ3) is 3.88. The van der Waals surface area contributed by atoms with Crippen LogP contribution in [0.15, 0.2) is 29.4 Å². The van der Waals surface area contributed by atoms with E-state index in [0.717, 1.165) is 12.8 Å². The molecule has 0 aliphatic heterocycles. The topological polar surface area (TPSA) is 85.1 Å². The second-order valence-corrected chi connectivity index (χ2v) is 5.36. The number of aromatic nitrogens is 1. The highest BCUT2D eigenvalue weighted by atomic mass is 32.2. The van der Waals surface area contributed by atoms with E-state index >= 15 is 0 Å². The van der Waals surface area contributed by atoms with Gasteiger partial charge in [0, 0.05) is 18.4 Å². The van der Waals surface area contributed by atoms with Gasteiger partial charge in [0.05, 0.1) is 0 Å². The molecule has 0 radical (unpaired) electrons. The van der Waals surface area contributed by atoms with Crippen molar-refractivity contribution in [1.29, 1.82) is 0 Å². The zero-order valence-electron chi connectivity index (χ0n) is 9.26. The van der Waals surface area contributed by atoms with Crippen molar-refractivity contribution in [2.45, 2.75) is 30.7 Å². The van der Waals surface area contributed by atoms with Crippen LogP contribution in [0.1, 0.15) is 19.8 Å². The van der Waals surface area contributed by atoms with Crippen LogP contribution in [0, 0.1) is 0 Å². The van der Waals surface area contributed by atoms with E-state index in [0.29, 0.717) is 6.54 Å². The number of nitrogens with one attached hydrogen (secondary N) is 1. The molecule has 0 aliphatic rings. The maximum atomic E-state index is 11.8. The quantitative estimate of drug-likeness (QED) is 0.761. The Labute approximate surface area is 96.1 Å². The number of nitrogens with zero attached hydrogens (tertiary/aromatic N) is 1. The van der Waals surface area contributed by atoms with E-state index in [1.165, 1.54) is 18.5 Å². The average molecular weight is 243 g/mol. The van der Waals surface area contributed by atoms with Crippen molar-refractivity contribution in [3.05, 3.63) is 24.5 Å². The Balaban J connectivity index is 2.66. The molecule has 1 atom stereocenters. The van der Waals surface area contributed by atoms with Crippen molar-refractivity contribution >= 4 is 10.0 Å². The molecule has 0 saturated heterocycles. The molecule has 3 N–H and O–H groups in total. The van der Waals surface area contributed by atoms with Gasteiger partial charge in [0.25, 0.3) is 0 Å². The summed E-state index contributed by atoms with van der Waals surface area (Å²) in [5, 5.41) is 0. The van der Waals surface area contributed by atoms with Gasteiger partial charge in [0.2, 0.25) is 10.0 Å². The van der Waals surface area contributed by atoms with Crippen LogP contribution >= 0.6 is 0 Å². The summed E-state index contributed by atoms with van der Waals surface area (Å²) in [5.41, 5.74) is 5.36. The second kappa shape index (κ2) is 5.93. The Morgan fingerprint density at radius 3 is 2.88 bits per heavy atom. The third-order valence-electron chi connectivity index (χ3n) is 2.14. The molecule has 1 rings (SSSR count). The first kappa shape index (κ1) is 13.1. The van der Waals surface area contributed by atoms with Gasteiger partial charge in [-0.1, -0.05) is 0 Å². The third-order valence-corrected chi connectivity index (χ3v) is 3.72. The number of sulfonamides is 1. The molecular formula is C10H17N3O2S. The number of pyridine rings is 1. The predicted molar refractivity (Wildman–Crippen MR) is 62.3 cm³/mol. The minimum atomic E-state index is -3.44. The lowest BCUT2D eigenvalue weighted by Gasteiger charge is -2.13. The molecule has 5 nitrogen and oxygen atoms in total. The van der Waals surface area contributed by atoms with Crippen LogP contribution in [-0.4, -0.2) is 26.0 Å². The number of nitrogens with two attached hydrogens (primary N) is 1. The summed E-state index contributed by atoms with van der Waals surface area (Å²) in [7, 11) is -3.44. The lowest BCUT2D eigenvalue weighted by molar-refractivity contribution is 0.538. The minimum absolute atomic E-state index is 0.117. The van der Waals surface area contributed by atoms with Crippen molar-refractivity contribution in [3.63, 3.8) is 0 Å². The van der Waals surface area contributed by atoms with E-state index in [9.17, 15) is 8.42 Å². The summed E-state index contributed by atoms with van der Waals surface area (Å²) in [6, 6.07) is 3.00. The van der Waals surface area contributed by atoms with Crippen LogP contribution in [-0.2, 0) is 10.0 Å². The largest absolute Gasteiger partial charge is 0.330 e. The maximum absolute atomic E-state index is 11.8.